The normalized spacial score (nSPS) is 18.0. The first kappa shape index (κ1) is 18.5. The van der Waals surface area contributed by atoms with Crippen molar-refractivity contribution in [2.75, 3.05) is 6.54 Å². The number of aryl methyl sites for hydroxylation is 1. The zero-order valence-electron chi connectivity index (χ0n) is 14.5. The van der Waals surface area contributed by atoms with Crippen LogP contribution in [0, 0.1) is 12.7 Å². The van der Waals surface area contributed by atoms with Crippen molar-refractivity contribution in [1.29, 1.82) is 0 Å². The molecule has 1 atom stereocenters. The van der Waals surface area contributed by atoms with E-state index in [0.29, 0.717) is 19.4 Å². The van der Waals surface area contributed by atoms with Gasteiger partial charge in [-0.3, -0.25) is 4.79 Å². The van der Waals surface area contributed by atoms with Gasteiger partial charge in [-0.25, -0.2) is 12.8 Å². The lowest BCUT2D eigenvalue weighted by molar-refractivity contribution is -0.124. The van der Waals surface area contributed by atoms with E-state index in [0.717, 1.165) is 23.3 Å². The van der Waals surface area contributed by atoms with Crippen molar-refractivity contribution in [3.8, 4) is 0 Å². The van der Waals surface area contributed by atoms with Crippen LogP contribution in [0.5, 0.6) is 0 Å². The third-order valence-corrected chi connectivity index (χ3v) is 6.56. The van der Waals surface area contributed by atoms with Crippen LogP contribution >= 0.6 is 0 Å². The average Bonchev–Trinajstić information content (AvgIpc) is 3.12. The van der Waals surface area contributed by atoms with E-state index in [4.69, 9.17) is 0 Å². The van der Waals surface area contributed by atoms with Gasteiger partial charge >= 0.3 is 0 Å². The van der Waals surface area contributed by atoms with Gasteiger partial charge in [-0.2, -0.15) is 4.31 Å². The molecule has 0 radical (unpaired) electrons. The number of nitrogens with one attached hydrogen (secondary N) is 1. The molecule has 2 aromatic carbocycles. The first-order valence-electron chi connectivity index (χ1n) is 8.49. The van der Waals surface area contributed by atoms with E-state index >= 15 is 0 Å². The lowest BCUT2D eigenvalue weighted by Gasteiger charge is -2.23. The first-order chi connectivity index (χ1) is 12.4. The van der Waals surface area contributed by atoms with Crippen LogP contribution < -0.4 is 5.32 Å². The topological polar surface area (TPSA) is 66.5 Å². The molecule has 7 heteroatoms. The summed E-state index contributed by atoms with van der Waals surface area (Å²) < 4.78 is 39.9. The number of halogens is 1. The van der Waals surface area contributed by atoms with Gasteiger partial charge in [0.1, 0.15) is 11.9 Å². The molecule has 1 N–H and O–H groups in total. The van der Waals surface area contributed by atoms with Crippen molar-refractivity contribution in [2.24, 2.45) is 0 Å². The molecule has 1 unspecified atom stereocenters. The SMILES string of the molecule is Cc1ccccc1CNC(=O)C1CCCN1S(=O)(=O)c1ccc(F)cc1. The minimum Gasteiger partial charge on any atom is -0.351 e. The Hall–Kier alpha value is -2.25. The Balaban J connectivity index is 1.74. The molecular formula is C19H21FN2O3S. The summed E-state index contributed by atoms with van der Waals surface area (Å²) in [5.41, 5.74) is 2.06. The third-order valence-electron chi connectivity index (χ3n) is 4.64. The summed E-state index contributed by atoms with van der Waals surface area (Å²) in [6.07, 6.45) is 1.09. The number of amides is 1. The van der Waals surface area contributed by atoms with Crippen molar-refractivity contribution < 1.29 is 17.6 Å². The summed E-state index contributed by atoms with van der Waals surface area (Å²) in [7, 11) is -3.83. The molecule has 0 spiro atoms. The number of carbonyl (C=O) groups excluding carboxylic acids is 1. The molecule has 2 aromatic rings. The molecule has 1 aliphatic rings. The maximum atomic E-state index is 13.1. The number of sulfonamides is 1. The third kappa shape index (κ3) is 3.78. The zero-order valence-corrected chi connectivity index (χ0v) is 15.3. The van der Waals surface area contributed by atoms with Crippen LogP contribution in [0.4, 0.5) is 4.39 Å². The van der Waals surface area contributed by atoms with Crippen molar-refractivity contribution in [2.45, 2.75) is 37.2 Å². The van der Waals surface area contributed by atoms with Crippen LogP contribution in [-0.2, 0) is 21.4 Å². The molecule has 1 saturated heterocycles. The number of hydrogen-bond acceptors (Lipinski definition) is 3. The maximum Gasteiger partial charge on any atom is 0.243 e. The second kappa shape index (κ2) is 7.55. The highest BCUT2D eigenvalue weighted by Gasteiger charge is 2.39. The summed E-state index contributed by atoms with van der Waals surface area (Å²) in [5, 5.41) is 2.84. The molecule has 138 valence electrons. The smallest absolute Gasteiger partial charge is 0.243 e. The van der Waals surface area contributed by atoms with Crippen molar-refractivity contribution in [3.05, 3.63) is 65.5 Å². The van der Waals surface area contributed by atoms with Gasteiger partial charge in [-0.15, -0.1) is 0 Å². The highest BCUT2D eigenvalue weighted by Crippen LogP contribution is 2.26. The average molecular weight is 376 g/mol. The van der Waals surface area contributed by atoms with Gasteiger partial charge in [-0.1, -0.05) is 24.3 Å². The predicted octanol–water partition coefficient (Wildman–Crippen LogP) is 2.60. The number of benzene rings is 2. The van der Waals surface area contributed by atoms with Crippen LogP contribution in [0.1, 0.15) is 24.0 Å². The molecular weight excluding hydrogens is 355 g/mol. The van der Waals surface area contributed by atoms with Gasteiger partial charge in [-0.05, 0) is 55.2 Å². The van der Waals surface area contributed by atoms with Crippen LogP contribution in [0.3, 0.4) is 0 Å². The van der Waals surface area contributed by atoms with Crippen LogP contribution in [-0.4, -0.2) is 31.2 Å². The number of rotatable bonds is 5. The fourth-order valence-electron chi connectivity index (χ4n) is 3.14. The Morgan fingerprint density at radius 3 is 2.58 bits per heavy atom. The lowest BCUT2D eigenvalue weighted by atomic mass is 10.1. The minimum absolute atomic E-state index is 0.00231. The maximum absolute atomic E-state index is 13.1. The second-order valence-electron chi connectivity index (χ2n) is 6.37. The van der Waals surface area contributed by atoms with Crippen LogP contribution in [0.15, 0.2) is 53.4 Å². The highest BCUT2D eigenvalue weighted by atomic mass is 32.2. The molecule has 0 aliphatic carbocycles. The lowest BCUT2D eigenvalue weighted by Crippen LogP contribution is -2.45. The number of hydrogen-bond donors (Lipinski definition) is 1. The van der Waals surface area contributed by atoms with E-state index in [1.807, 2.05) is 31.2 Å². The van der Waals surface area contributed by atoms with Crippen molar-refractivity contribution >= 4 is 15.9 Å². The van der Waals surface area contributed by atoms with Crippen LogP contribution in [0.2, 0.25) is 0 Å². The van der Waals surface area contributed by atoms with E-state index in [2.05, 4.69) is 5.32 Å². The van der Waals surface area contributed by atoms with E-state index in [1.54, 1.807) is 0 Å². The predicted molar refractivity (Wildman–Crippen MR) is 96.3 cm³/mol. The van der Waals surface area contributed by atoms with Gasteiger partial charge in [0.05, 0.1) is 4.90 Å². The molecule has 1 fully saturated rings. The largest absolute Gasteiger partial charge is 0.351 e. The van der Waals surface area contributed by atoms with Gasteiger partial charge in [0.25, 0.3) is 0 Å². The van der Waals surface area contributed by atoms with E-state index in [-0.39, 0.29) is 17.3 Å². The quantitative estimate of drug-likeness (QED) is 0.872. The van der Waals surface area contributed by atoms with Gasteiger partial charge in [0, 0.05) is 13.1 Å². The molecule has 5 nitrogen and oxygen atoms in total. The van der Waals surface area contributed by atoms with Crippen molar-refractivity contribution in [3.63, 3.8) is 0 Å². The van der Waals surface area contributed by atoms with E-state index in [1.165, 1.54) is 16.4 Å². The Morgan fingerprint density at radius 2 is 1.88 bits per heavy atom. The molecule has 1 amide bonds. The Labute approximate surface area is 152 Å². The number of carbonyl (C=O) groups is 1. The zero-order chi connectivity index (χ0) is 18.7. The summed E-state index contributed by atoms with van der Waals surface area (Å²) in [6, 6.07) is 11.6. The summed E-state index contributed by atoms with van der Waals surface area (Å²) in [5.74, 6) is -0.811. The summed E-state index contributed by atoms with van der Waals surface area (Å²) >= 11 is 0. The highest BCUT2D eigenvalue weighted by molar-refractivity contribution is 7.89. The van der Waals surface area contributed by atoms with E-state index in [9.17, 15) is 17.6 Å². The Bertz CT molecular complexity index is 897. The van der Waals surface area contributed by atoms with Crippen molar-refractivity contribution in [1.82, 2.24) is 9.62 Å². The summed E-state index contributed by atoms with van der Waals surface area (Å²) in [4.78, 5) is 12.6. The minimum atomic E-state index is -3.83. The van der Waals surface area contributed by atoms with Gasteiger partial charge < -0.3 is 5.32 Å². The Morgan fingerprint density at radius 1 is 1.19 bits per heavy atom. The van der Waals surface area contributed by atoms with E-state index < -0.39 is 21.9 Å². The Kier molecular flexibility index (Phi) is 5.38. The molecule has 0 saturated carbocycles. The van der Waals surface area contributed by atoms with Gasteiger partial charge in [0.15, 0.2) is 0 Å². The number of nitrogens with zero attached hydrogens (tertiary/aromatic N) is 1. The molecule has 26 heavy (non-hydrogen) atoms. The van der Waals surface area contributed by atoms with Gasteiger partial charge in [0.2, 0.25) is 15.9 Å². The first-order valence-corrected chi connectivity index (χ1v) is 9.93. The standard InChI is InChI=1S/C19H21FN2O3S/c1-14-5-2-3-6-15(14)13-21-19(23)18-7-4-12-22(18)26(24,25)17-10-8-16(20)9-11-17/h2-3,5-6,8-11,18H,4,7,12-13H2,1H3,(H,21,23). The molecule has 1 heterocycles. The molecule has 0 bridgehead atoms. The molecule has 1 aliphatic heterocycles. The fraction of sp³-hybridized carbons (Fsp3) is 0.316. The monoisotopic (exact) mass is 376 g/mol. The second-order valence-corrected chi connectivity index (χ2v) is 8.26. The van der Waals surface area contributed by atoms with Crippen LogP contribution in [0.25, 0.3) is 0 Å². The fourth-order valence-corrected chi connectivity index (χ4v) is 4.80. The molecule has 3 rings (SSSR count). The summed E-state index contributed by atoms with van der Waals surface area (Å²) in [6.45, 7) is 2.59. The molecule has 0 aromatic heterocycles.